The number of aryl methyl sites for hydroxylation is 1. The molecule has 2 aliphatic heterocycles. The van der Waals surface area contributed by atoms with Gasteiger partial charge in [-0.3, -0.25) is 4.57 Å². The maximum atomic E-state index is 12.6. The molecule has 0 bridgehead atoms. The third kappa shape index (κ3) is 3.39. The van der Waals surface area contributed by atoms with Crippen LogP contribution in [-0.2, 0) is 13.1 Å². The van der Waals surface area contributed by atoms with Crippen LogP contribution < -0.4 is 5.69 Å². The second-order valence-electron chi connectivity index (χ2n) is 7.18. The van der Waals surface area contributed by atoms with Crippen molar-refractivity contribution in [2.75, 3.05) is 0 Å². The Balaban J connectivity index is 1.56. The van der Waals surface area contributed by atoms with E-state index >= 15 is 0 Å². The zero-order valence-corrected chi connectivity index (χ0v) is 17.7. The molecule has 0 atom stereocenters. The minimum absolute atomic E-state index is 0.346. The highest BCUT2D eigenvalue weighted by Crippen LogP contribution is 2.24. The molecule has 7 nitrogen and oxygen atoms in total. The Bertz CT molecular complexity index is 1370. The van der Waals surface area contributed by atoms with Gasteiger partial charge < -0.3 is 4.57 Å². The minimum Gasteiger partial charge on any atom is -0.311 e. The van der Waals surface area contributed by atoms with E-state index < -0.39 is 0 Å². The van der Waals surface area contributed by atoms with Crippen LogP contribution in [0.25, 0.3) is 22.7 Å². The summed E-state index contributed by atoms with van der Waals surface area (Å²) >= 11 is 3.43. The quantitative estimate of drug-likeness (QED) is 0.408. The van der Waals surface area contributed by atoms with Crippen LogP contribution >= 0.6 is 15.9 Å². The van der Waals surface area contributed by atoms with Crippen LogP contribution in [0.4, 0.5) is 0 Å². The van der Waals surface area contributed by atoms with E-state index in [-0.39, 0.29) is 5.69 Å². The number of fused-ring (bicyclic) bond motifs is 3. The fourth-order valence-corrected chi connectivity index (χ4v) is 3.72. The van der Waals surface area contributed by atoms with Crippen molar-refractivity contribution in [3.63, 3.8) is 0 Å². The van der Waals surface area contributed by atoms with E-state index in [1.807, 2.05) is 28.8 Å². The van der Waals surface area contributed by atoms with Crippen molar-refractivity contribution in [1.82, 2.24) is 29.1 Å². The number of imidazole rings is 2. The van der Waals surface area contributed by atoms with E-state index in [1.54, 1.807) is 10.9 Å². The fourth-order valence-electron chi connectivity index (χ4n) is 3.45. The molecule has 1 aromatic heterocycles. The molecule has 0 unspecified atom stereocenters. The summed E-state index contributed by atoms with van der Waals surface area (Å²) in [5.74, 6) is 0.478. The lowest BCUT2D eigenvalue weighted by Gasteiger charge is -2.04. The highest BCUT2D eigenvalue weighted by molar-refractivity contribution is 9.10. The molecule has 5 rings (SSSR count). The summed E-state index contributed by atoms with van der Waals surface area (Å²) in [6.45, 7) is 3.07. The normalized spacial score (nSPS) is 11.4. The predicted molar refractivity (Wildman–Crippen MR) is 118 cm³/mol. The molecule has 0 spiro atoms. The molecule has 0 fully saturated rings. The highest BCUT2D eigenvalue weighted by Gasteiger charge is 2.21. The second-order valence-corrected chi connectivity index (χ2v) is 8.10. The minimum atomic E-state index is -0.346. The average Bonchev–Trinajstić information content (AvgIpc) is 3.21. The summed E-state index contributed by atoms with van der Waals surface area (Å²) in [5.41, 5.74) is 4.67. The number of hydrogen-bond acceptors (Lipinski definition) is 5. The number of halogens is 1. The first kappa shape index (κ1) is 18.6. The molecule has 148 valence electrons. The molecule has 2 aliphatic rings. The Morgan fingerprint density at radius 1 is 0.900 bits per heavy atom. The average molecular weight is 461 g/mol. The predicted octanol–water partition coefficient (Wildman–Crippen LogP) is 3.66. The molecule has 30 heavy (non-hydrogen) atoms. The summed E-state index contributed by atoms with van der Waals surface area (Å²) in [6.07, 6.45) is 3.20. The standard InChI is InChI=1S/C22H17BrN6O/c1-14-2-4-15(5-3-14)10-28-13-26-18-19-21(25-12-24-20(18)28)29(22(30)27-19)11-16-6-8-17(23)9-7-16/h2-9,12-13H,10-11H2,1H3. The molecule has 3 heterocycles. The van der Waals surface area contributed by atoms with E-state index in [0.717, 1.165) is 15.6 Å². The Morgan fingerprint density at radius 3 is 2.37 bits per heavy atom. The molecular formula is C22H17BrN6O. The molecule has 0 N–H and O–H groups in total. The van der Waals surface area contributed by atoms with Gasteiger partial charge in [-0.2, -0.15) is 4.98 Å². The first-order valence-electron chi connectivity index (χ1n) is 9.45. The smallest absolute Gasteiger partial charge is 0.311 e. The Kier molecular flexibility index (Phi) is 4.63. The van der Waals surface area contributed by atoms with Gasteiger partial charge in [-0.1, -0.05) is 57.9 Å². The molecule has 8 heteroatoms. The lowest BCUT2D eigenvalue weighted by atomic mass is 10.1. The number of nitrogens with zero attached hydrogens (tertiary/aromatic N) is 6. The van der Waals surface area contributed by atoms with Crippen molar-refractivity contribution in [3.05, 3.63) is 92.8 Å². The van der Waals surface area contributed by atoms with Gasteiger partial charge in [0.25, 0.3) is 0 Å². The van der Waals surface area contributed by atoms with E-state index in [0.29, 0.717) is 35.8 Å². The van der Waals surface area contributed by atoms with Crippen molar-refractivity contribution in [2.24, 2.45) is 0 Å². The van der Waals surface area contributed by atoms with Gasteiger partial charge in [-0.05, 0) is 30.2 Å². The van der Waals surface area contributed by atoms with Crippen LogP contribution in [0.2, 0.25) is 0 Å². The monoisotopic (exact) mass is 460 g/mol. The van der Waals surface area contributed by atoms with E-state index in [9.17, 15) is 4.79 Å². The number of rotatable bonds is 4. The van der Waals surface area contributed by atoms with Gasteiger partial charge >= 0.3 is 5.69 Å². The van der Waals surface area contributed by atoms with Crippen LogP contribution in [0.1, 0.15) is 16.7 Å². The van der Waals surface area contributed by atoms with Gasteiger partial charge in [0.1, 0.15) is 17.5 Å². The molecule has 0 amide bonds. The van der Waals surface area contributed by atoms with Gasteiger partial charge in [0.2, 0.25) is 0 Å². The van der Waals surface area contributed by atoms with E-state index in [2.05, 4.69) is 67.1 Å². The van der Waals surface area contributed by atoms with Crippen LogP contribution in [0.5, 0.6) is 0 Å². The van der Waals surface area contributed by atoms with E-state index in [4.69, 9.17) is 0 Å². The van der Waals surface area contributed by atoms with Gasteiger partial charge in [0, 0.05) is 4.47 Å². The van der Waals surface area contributed by atoms with Crippen LogP contribution in [0, 0.1) is 6.92 Å². The zero-order valence-electron chi connectivity index (χ0n) is 16.2. The zero-order chi connectivity index (χ0) is 20.7. The summed E-state index contributed by atoms with van der Waals surface area (Å²) in [4.78, 5) is 30.3. The van der Waals surface area contributed by atoms with Gasteiger partial charge in [-0.25, -0.2) is 19.7 Å². The molecule has 0 aliphatic carbocycles. The third-order valence-electron chi connectivity index (χ3n) is 5.03. The lowest BCUT2D eigenvalue weighted by molar-refractivity contribution is 0.758. The Morgan fingerprint density at radius 2 is 1.60 bits per heavy atom. The largest absolute Gasteiger partial charge is 0.350 e. The maximum Gasteiger partial charge on any atom is 0.350 e. The summed E-state index contributed by atoms with van der Waals surface area (Å²) in [5, 5.41) is 0. The number of benzene rings is 2. The first-order valence-corrected chi connectivity index (χ1v) is 10.2. The summed E-state index contributed by atoms with van der Waals surface area (Å²) in [7, 11) is 0. The van der Waals surface area contributed by atoms with Gasteiger partial charge in [-0.15, -0.1) is 0 Å². The van der Waals surface area contributed by atoms with E-state index in [1.165, 1.54) is 11.9 Å². The van der Waals surface area contributed by atoms with Crippen molar-refractivity contribution in [2.45, 2.75) is 20.0 Å². The molecule has 2 aromatic carbocycles. The van der Waals surface area contributed by atoms with Gasteiger partial charge in [0.15, 0.2) is 11.5 Å². The second kappa shape index (κ2) is 7.46. The van der Waals surface area contributed by atoms with Crippen LogP contribution in [-0.4, -0.2) is 29.1 Å². The Labute approximate surface area is 180 Å². The Hall–Kier alpha value is -3.39. The molecule has 0 radical (unpaired) electrons. The SMILES string of the molecule is Cc1ccc(Cn2cnc3c4nc(=O)n(Cc5ccc(Br)cc5)c-4ncnc32)cc1. The first-order chi connectivity index (χ1) is 14.6. The van der Waals surface area contributed by atoms with Crippen molar-refractivity contribution < 1.29 is 0 Å². The van der Waals surface area contributed by atoms with Crippen molar-refractivity contribution in [3.8, 4) is 11.5 Å². The summed E-state index contributed by atoms with van der Waals surface area (Å²) in [6, 6.07) is 16.1. The van der Waals surface area contributed by atoms with Gasteiger partial charge in [0.05, 0.1) is 19.4 Å². The lowest BCUT2D eigenvalue weighted by Crippen LogP contribution is -2.17. The maximum absolute atomic E-state index is 12.6. The number of hydrogen-bond donors (Lipinski definition) is 0. The third-order valence-corrected chi connectivity index (χ3v) is 5.56. The molecule has 0 saturated heterocycles. The highest BCUT2D eigenvalue weighted by atomic mass is 79.9. The topological polar surface area (TPSA) is 78.5 Å². The number of aromatic nitrogens is 6. The molecular weight excluding hydrogens is 444 g/mol. The van der Waals surface area contributed by atoms with Crippen molar-refractivity contribution >= 4 is 27.1 Å². The molecule has 0 saturated carbocycles. The summed E-state index contributed by atoms with van der Waals surface area (Å²) < 4.78 is 4.48. The molecule has 3 aromatic rings. The fraction of sp³-hybridized carbons (Fsp3) is 0.136. The van der Waals surface area contributed by atoms with Crippen LogP contribution in [0.3, 0.4) is 0 Å². The van der Waals surface area contributed by atoms with Crippen molar-refractivity contribution in [1.29, 1.82) is 0 Å². The van der Waals surface area contributed by atoms with Crippen LogP contribution in [0.15, 0.2) is 70.5 Å².